The summed E-state index contributed by atoms with van der Waals surface area (Å²) in [6.07, 6.45) is 2.20. The van der Waals surface area contributed by atoms with Gasteiger partial charge in [-0.3, -0.25) is 0 Å². The van der Waals surface area contributed by atoms with Gasteiger partial charge >= 0.3 is 0 Å². The molecule has 1 aromatic carbocycles. The normalized spacial score (nSPS) is 17.3. The largest absolute Gasteiger partial charge is 0.497 e. The Morgan fingerprint density at radius 1 is 1.30 bits per heavy atom. The van der Waals surface area contributed by atoms with Gasteiger partial charge < -0.3 is 19.9 Å². The third-order valence-electron chi connectivity index (χ3n) is 3.67. The molecule has 0 amide bonds. The Morgan fingerprint density at radius 3 is 2.80 bits per heavy atom. The van der Waals surface area contributed by atoms with Crippen molar-refractivity contribution in [2.75, 3.05) is 27.0 Å². The molecule has 0 bridgehead atoms. The summed E-state index contributed by atoms with van der Waals surface area (Å²) in [5, 5.41) is 3.35. The molecule has 3 rings (SSSR count). The summed E-state index contributed by atoms with van der Waals surface area (Å²) in [5.74, 6) is 1.91. The smallest absolute Gasteiger partial charge is 0.149 e. The van der Waals surface area contributed by atoms with E-state index in [1.807, 2.05) is 12.1 Å². The minimum Gasteiger partial charge on any atom is -0.497 e. The first kappa shape index (κ1) is 12.8. The van der Waals surface area contributed by atoms with E-state index in [1.54, 1.807) is 7.11 Å². The molecule has 5 nitrogen and oxygen atoms in total. The van der Waals surface area contributed by atoms with Crippen LogP contribution in [0, 0.1) is 0 Å². The first-order valence-corrected chi connectivity index (χ1v) is 6.92. The van der Waals surface area contributed by atoms with Crippen molar-refractivity contribution in [3.63, 3.8) is 0 Å². The maximum Gasteiger partial charge on any atom is 0.149 e. The molecule has 0 radical (unpaired) electrons. The number of benzene rings is 1. The van der Waals surface area contributed by atoms with E-state index >= 15 is 0 Å². The molecule has 0 unspecified atom stereocenters. The number of nitrogens with one attached hydrogen (secondary N) is 1. The standard InChI is InChI=1S/C15H20N4O/c1-3-18-9-14-15(16-10-18)17-11-19(14)8-12-4-6-13(20-2)7-5-12/h4-7,9H,3,8,10-11H2,1-2H3,(H,16,17). The summed E-state index contributed by atoms with van der Waals surface area (Å²) in [5.41, 5.74) is 2.46. The molecule has 106 valence electrons. The van der Waals surface area contributed by atoms with Gasteiger partial charge in [-0.2, -0.15) is 0 Å². The first-order chi connectivity index (χ1) is 9.80. The van der Waals surface area contributed by atoms with Gasteiger partial charge in [-0.25, -0.2) is 4.99 Å². The highest BCUT2D eigenvalue weighted by Gasteiger charge is 2.26. The molecular weight excluding hydrogens is 252 g/mol. The molecule has 1 N–H and O–H groups in total. The maximum absolute atomic E-state index is 5.19. The summed E-state index contributed by atoms with van der Waals surface area (Å²) < 4.78 is 5.19. The minimum absolute atomic E-state index is 0.749. The van der Waals surface area contributed by atoms with Gasteiger partial charge in [-0.05, 0) is 24.6 Å². The van der Waals surface area contributed by atoms with Crippen molar-refractivity contribution in [2.24, 2.45) is 4.99 Å². The Morgan fingerprint density at radius 2 is 2.10 bits per heavy atom. The van der Waals surface area contributed by atoms with Crippen LogP contribution in [0.3, 0.4) is 0 Å². The van der Waals surface area contributed by atoms with Gasteiger partial charge in [0.15, 0.2) is 0 Å². The van der Waals surface area contributed by atoms with Gasteiger partial charge in [0.25, 0.3) is 0 Å². The average molecular weight is 272 g/mol. The number of rotatable bonds is 4. The molecule has 1 fully saturated rings. The zero-order valence-electron chi connectivity index (χ0n) is 12.0. The zero-order valence-corrected chi connectivity index (χ0v) is 12.0. The molecule has 20 heavy (non-hydrogen) atoms. The molecule has 0 saturated carbocycles. The Kier molecular flexibility index (Phi) is 3.50. The molecule has 0 atom stereocenters. The number of aliphatic imine (C=N–C) groups is 1. The number of nitrogens with zero attached hydrogens (tertiary/aromatic N) is 3. The number of hydrogen-bond acceptors (Lipinski definition) is 5. The summed E-state index contributed by atoms with van der Waals surface area (Å²) in [7, 11) is 1.69. The van der Waals surface area contributed by atoms with E-state index in [0.717, 1.165) is 38.0 Å². The quantitative estimate of drug-likeness (QED) is 0.903. The summed E-state index contributed by atoms with van der Waals surface area (Å²) in [6, 6.07) is 8.22. The average Bonchev–Trinajstić information content (AvgIpc) is 2.90. The predicted molar refractivity (Wildman–Crippen MR) is 79.3 cm³/mol. The Balaban J connectivity index is 1.74. The third kappa shape index (κ3) is 2.43. The van der Waals surface area contributed by atoms with Crippen LogP contribution < -0.4 is 10.1 Å². The van der Waals surface area contributed by atoms with Gasteiger partial charge in [-0.1, -0.05) is 12.1 Å². The summed E-state index contributed by atoms with van der Waals surface area (Å²) >= 11 is 0. The SMILES string of the molecule is CCN1C=C2C(=NC1)NCN2Cc1ccc(OC)cc1. The second-order valence-corrected chi connectivity index (χ2v) is 4.95. The van der Waals surface area contributed by atoms with Gasteiger partial charge in [0.2, 0.25) is 0 Å². The fraction of sp³-hybridized carbons (Fsp3) is 0.400. The highest BCUT2D eigenvalue weighted by molar-refractivity contribution is 5.99. The van der Waals surface area contributed by atoms with Crippen LogP contribution >= 0.6 is 0 Å². The van der Waals surface area contributed by atoms with Crippen molar-refractivity contribution in [1.82, 2.24) is 15.1 Å². The molecular formula is C15H20N4O. The van der Waals surface area contributed by atoms with Crippen LogP contribution in [0.15, 0.2) is 41.2 Å². The van der Waals surface area contributed by atoms with E-state index in [2.05, 4.69) is 45.4 Å². The monoisotopic (exact) mass is 272 g/mol. The number of fused-ring (bicyclic) bond motifs is 1. The van der Waals surface area contributed by atoms with Crippen LogP contribution in [0.2, 0.25) is 0 Å². The van der Waals surface area contributed by atoms with Crippen LogP contribution in [0.5, 0.6) is 5.75 Å². The van der Waals surface area contributed by atoms with Crippen molar-refractivity contribution in [3.05, 3.63) is 41.7 Å². The zero-order chi connectivity index (χ0) is 13.9. The van der Waals surface area contributed by atoms with Gasteiger partial charge in [-0.15, -0.1) is 0 Å². The second-order valence-electron chi connectivity index (χ2n) is 4.95. The van der Waals surface area contributed by atoms with E-state index in [9.17, 15) is 0 Å². The fourth-order valence-corrected chi connectivity index (χ4v) is 2.43. The van der Waals surface area contributed by atoms with Crippen molar-refractivity contribution >= 4 is 5.84 Å². The number of methoxy groups -OCH3 is 1. The Bertz CT molecular complexity index is 535. The molecule has 1 aromatic rings. The van der Waals surface area contributed by atoms with Crippen LogP contribution in [0.25, 0.3) is 0 Å². The lowest BCUT2D eigenvalue weighted by Gasteiger charge is -2.25. The fourth-order valence-electron chi connectivity index (χ4n) is 2.43. The minimum atomic E-state index is 0.749. The molecule has 2 aliphatic rings. The lowest BCUT2D eigenvalue weighted by Crippen LogP contribution is -2.28. The highest BCUT2D eigenvalue weighted by atomic mass is 16.5. The van der Waals surface area contributed by atoms with Crippen LogP contribution in [0.1, 0.15) is 12.5 Å². The van der Waals surface area contributed by atoms with Crippen LogP contribution in [0.4, 0.5) is 0 Å². The van der Waals surface area contributed by atoms with Crippen LogP contribution in [-0.2, 0) is 6.54 Å². The molecule has 0 aliphatic carbocycles. The van der Waals surface area contributed by atoms with Crippen LogP contribution in [-0.4, -0.2) is 42.6 Å². The predicted octanol–water partition coefficient (Wildman–Crippen LogP) is 1.59. The third-order valence-corrected chi connectivity index (χ3v) is 3.67. The van der Waals surface area contributed by atoms with E-state index in [0.29, 0.717) is 0 Å². The topological polar surface area (TPSA) is 40.1 Å². The van der Waals surface area contributed by atoms with E-state index < -0.39 is 0 Å². The molecule has 0 aromatic heterocycles. The van der Waals surface area contributed by atoms with Gasteiger partial charge in [0, 0.05) is 19.3 Å². The van der Waals surface area contributed by atoms with Crippen molar-refractivity contribution < 1.29 is 4.74 Å². The van der Waals surface area contributed by atoms with Gasteiger partial charge in [0.05, 0.1) is 19.5 Å². The number of amidine groups is 1. The highest BCUT2D eigenvalue weighted by Crippen LogP contribution is 2.20. The molecule has 5 heteroatoms. The van der Waals surface area contributed by atoms with Gasteiger partial charge in [0.1, 0.15) is 18.3 Å². The van der Waals surface area contributed by atoms with Crippen molar-refractivity contribution in [1.29, 1.82) is 0 Å². The molecule has 2 aliphatic heterocycles. The first-order valence-electron chi connectivity index (χ1n) is 6.92. The van der Waals surface area contributed by atoms with E-state index in [4.69, 9.17) is 4.74 Å². The van der Waals surface area contributed by atoms with Crippen molar-refractivity contribution in [3.8, 4) is 5.75 Å². The molecule has 2 heterocycles. The molecule has 0 spiro atoms. The second kappa shape index (κ2) is 5.45. The Hall–Kier alpha value is -2.17. The lowest BCUT2D eigenvalue weighted by atomic mass is 10.2. The van der Waals surface area contributed by atoms with E-state index in [-0.39, 0.29) is 0 Å². The van der Waals surface area contributed by atoms with E-state index in [1.165, 1.54) is 11.3 Å². The lowest BCUT2D eigenvalue weighted by molar-refractivity contribution is 0.347. The maximum atomic E-state index is 5.19. The molecule has 1 saturated heterocycles. The number of ether oxygens (including phenoxy) is 1. The Labute approximate surface area is 119 Å². The van der Waals surface area contributed by atoms with Crippen molar-refractivity contribution in [2.45, 2.75) is 13.5 Å². The summed E-state index contributed by atoms with van der Waals surface area (Å²) in [6.45, 7) is 5.57. The number of hydrogen-bond donors (Lipinski definition) is 1. The summed E-state index contributed by atoms with van der Waals surface area (Å²) in [4.78, 5) is 9.09.